The van der Waals surface area contributed by atoms with E-state index in [0.717, 1.165) is 41.8 Å². The number of rotatable bonds is 4. The second kappa shape index (κ2) is 6.73. The van der Waals surface area contributed by atoms with Crippen molar-refractivity contribution >= 4 is 17.0 Å². The first kappa shape index (κ1) is 16.9. The number of hydrogen-bond donors (Lipinski definition) is 2. The Morgan fingerprint density at radius 2 is 1.61 bits per heavy atom. The highest BCUT2D eigenvalue weighted by molar-refractivity contribution is 5.83. The molecule has 0 saturated carbocycles. The second-order valence-corrected chi connectivity index (χ2v) is 7.15. The van der Waals surface area contributed by atoms with E-state index in [1.807, 2.05) is 60.7 Å². The van der Waals surface area contributed by atoms with Crippen molar-refractivity contribution in [1.29, 1.82) is 0 Å². The van der Waals surface area contributed by atoms with Crippen molar-refractivity contribution in [1.82, 2.24) is 19.9 Å². The molecule has 1 fully saturated rings. The van der Waals surface area contributed by atoms with Crippen molar-refractivity contribution in [3.8, 4) is 0 Å². The molecule has 1 aliphatic rings. The van der Waals surface area contributed by atoms with E-state index in [2.05, 4.69) is 24.8 Å². The monoisotopic (exact) mass is 371 g/mol. The fourth-order valence-corrected chi connectivity index (χ4v) is 4.36. The van der Waals surface area contributed by atoms with E-state index in [-0.39, 0.29) is 6.04 Å². The standard InChI is InChI=1S/C22H21N5O/c28-22(16-8-3-1-4-9-16,17-10-5-2-6-11-17)18-12-7-13-27(18)21-19-20(24-14-23-19)25-15-26-21/h1-6,8-11,14-15,18,28H,7,12-13H2,(H,23,24,25,26)/t18-/m1/s1. The molecule has 28 heavy (non-hydrogen) atoms. The fraction of sp³-hybridized carbons (Fsp3) is 0.227. The third kappa shape index (κ3) is 2.57. The van der Waals surface area contributed by atoms with Gasteiger partial charge in [-0.25, -0.2) is 15.0 Å². The maximum absolute atomic E-state index is 12.2. The van der Waals surface area contributed by atoms with Gasteiger partial charge in [-0.1, -0.05) is 60.7 Å². The number of nitrogens with zero attached hydrogens (tertiary/aromatic N) is 4. The molecule has 1 saturated heterocycles. The quantitative estimate of drug-likeness (QED) is 0.576. The van der Waals surface area contributed by atoms with Crippen LogP contribution in [0.3, 0.4) is 0 Å². The summed E-state index contributed by atoms with van der Waals surface area (Å²) in [6, 6.07) is 19.7. The average molecular weight is 371 g/mol. The molecule has 0 amide bonds. The Hall–Kier alpha value is -3.25. The number of aliphatic hydroxyl groups is 1. The summed E-state index contributed by atoms with van der Waals surface area (Å²) in [6.07, 6.45) is 5.01. The average Bonchev–Trinajstić information content (AvgIpc) is 3.44. The molecule has 2 aromatic heterocycles. The number of H-pyrrole nitrogens is 1. The van der Waals surface area contributed by atoms with Gasteiger partial charge < -0.3 is 15.0 Å². The Bertz CT molecular complexity index is 1040. The molecular weight excluding hydrogens is 350 g/mol. The number of benzene rings is 2. The molecule has 6 nitrogen and oxygen atoms in total. The normalized spacial score (nSPS) is 17.3. The summed E-state index contributed by atoms with van der Waals surface area (Å²) in [6.45, 7) is 0.817. The predicted octanol–water partition coefficient (Wildman–Crippen LogP) is 3.26. The fourth-order valence-electron chi connectivity index (χ4n) is 4.36. The SMILES string of the molecule is OC(c1ccccc1)(c1ccccc1)[C@H]1CCCN1c1ncnc2nc[nH]c12. The van der Waals surface area contributed by atoms with Crippen molar-refractivity contribution in [3.63, 3.8) is 0 Å². The molecule has 0 unspecified atom stereocenters. The van der Waals surface area contributed by atoms with Crippen molar-refractivity contribution in [2.75, 3.05) is 11.4 Å². The van der Waals surface area contributed by atoms with Crippen LogP contribution in [0.25, 0.3) is 11.2 Å². The molecule has 140 valence electrons. The lowest BCUT2D eigenvalue weighted by Crippen LogP contribution is -2.49. The Kier molecular flexibility index (Phi) is 4.06. The largest absolute Gasteiger partial charge is 0.378 e. The zero-order chi connectivity index (χ0) is 19.0. The summed E-state index contributed by atoms with van der Waals surface area (Å²) < 4.78 is 0. The van der Waals surface area contributed by atoms with Crippen LogP contribution in [-0.4, -0.2) is 37.6 Å². The molecule has 4 aromatic rings. The molecule has 2 aromatic carbocycles. The van der Waals surface area contributed by atoms with Gasteiger partial charge in [-0.2, -0.15) is 0 Å². The van der Waals surface area contributed by atoms with Gasteiger partial charge in [0.15, 0.2) is 11.5 Å². The second-order valence-electron chi connectivity index (χ2n) is 7.15. The molecule has 1 atom stereocenters. The lowest BCUT2D eigenvalue weighted by molar-refractivity contribution is 0.0529. The highest BCUT2D eigenvalue weighted by Crippen LogP contribution is 2.42. The topological polar surface area (TPSA) is 77.9 Å². The van der Waals surface area contributed by atoms with Gasteiger partial charge in [-0.3, -0.25) is 0 Å². The van der Waals surface area contributed by atoms with Crippen molar-refractivity contribution in [2.24, 2.45) is 0 Å². The van der Waals surface area contributed by atoms with Crippen molar-refractivity contribution < 1.29 is 5.11 Å². The maximum Gasteiger partial charge on any atom is 0.182 e. The van der Waals surface area contributed by atoms with E-state index in [0.29, 0.717) is 5.65 Å². The van der Waals surface area contributed by atoms with E-state index >= 15 is 0 Å². The van der Waals surface area contributed by atoms with Gasteiger partial charge in [-0.15, -0.1) is 0 Å². The Balaban J connectivity index is 1.68. The minimum Gasteiger partial charge on any atom is -0.378 e. The molecule has 5 rings (SSSR count). The number of fused-ring (bicyclic) bond motifs is 1. The zero-order valence-electron chi connectivity index (χ0n) is 15.4. The van der Waals surface area contributed by atoms with E-state index in [1.54, 1.807) is 6.33 Å². The van der Waals surface area contributed by atoms with Crippen LogP contribution >= 0.6 is 0 Å². The Morgan fingerprint density at radius 3 is 2.29 bits per heavy atom. The first-order valence-corrected chi connectivity index (χ1v) is 9.52. The lowest BCUT2D eigenvalue weighted by atomic mass is 9.79. The van der Waals surface area contributed by atoms with Crippen molar-refractivity contribution in [2.45, 2.75) is 24.5 Å². The van der Waals surface area contributed by atoms with Gasteiger partial charge in [-0.05, 0) is 24.0 Å². The third-order valence-corrected chi connectivity index (χ3v) is 5.64. The van der Waals surface area contributed by atoms with E-state index in [4.69, 9.17) is 0 Å². The van der Waals surface area contributed by atoms with Crippen LogP contribution in [0, 0.1) is 0 Å². The summed E-state index contributed by atoms with van der Waals surface area (Å²) in [5, 5.41) is 12.2. The summed E-state index contributed by atoms with van der Waals surface area (Å²) in [7, 11) is 0. The first-order valence-electron chi connectivity index (χ1n) is 9.52. The minimum absolute atomic E-state index is 0.154. The summed E-state index contributed by atoms with van der Waals surface area (Å²) >= 11 is 0. The molecule has 0 radical (unpaired) electrons. The molecule has 3 heterocycles. The highest BCUT2D eigenvalue weighted by atomic mass is 16.3. The van der Waals surface area contributed by atoms with Crippen LogP contribution < -0.4 is 4.90 Å². The number of aromatic amines is 1. The minimum atomic E-state index is -1.16. The van der Waals surface area contributed by atoms with Gasteiger partial charge >= 0.3 is 0 Å². The highest BCUT2D eigenvalue weighted by Gasteiger charge is 2.46. The van der Waals surface area contributed by atoms with E-state index < -0.39 is 5.60 Å². The number of anilines is 1. The lowest BCUT2D eigenvalue weighted by Gasteiger charge is -2.40. The molecule has 2 N–H and O–H groups in total. The zero-order valence-corrected chi connectivity index (χ0v) is 15.4. The van der Waals surface area contributed by atoms with Gasteiger partial charge in [0.2, 0.25) is 0 Å². The van der Waals surface area contributed by atoms with Crippen LogP contribution in [0.1, 0.15) is 24.0 Å². The summed E-state index contributed by atoms with van der Waals surface area (Å²) in [4.78, 5) is 18.4. The van der Waals surface area contributed by atoms with Gasteiger partial charge in [0.05, 0.1) is 12.4 Å². The van der Waals surface area contributed by atoms with Crippen LogP contribution in [0.2, 0.25) is 0 Å². The predicted molar refractivity (Wildman–Crippen MR) is 108 cm³/mol. The Labute approximate surface area is 162 Å². The van der Waals surface area contributed by atoms with E-state index in [1.165, 1.54) is 6.33 Å². The number of aromatic nitrogens is 4. The Morgan fingerprint density at radius 1 is 0.929 bits per heavy atom. The van der Waals surface area contributed by atoms with Gasteiger partial charge in [0.1, 0.15) is 17.4 Å². The summed E-state index contributed by atoms with van der Waals surface area (Å²) in [5.74, 6) is 0.787. The maximum atomic E-state index is 12.2. The molecule has 6 heteroatoms. The molecular formula is C22H21N5O. The first-order chi connectivity index (χ1) is 13.8. The molecule has 1 aliphatic heterocycles. The molecule has 0 aliphatic carbocycles. The molecule has 0 bridgehead atoms. The van der Waals surface area contributed by atoms with Gasteiger partial charge in [0.25, 0.3) is 0 Å². The van der Waals surface area contributed by atoms with Gasteiger partial charge in [0, 0.05) is 6.54 Å². The number of hydrogen-bond acceptors (Lipinski definition) is 5. The van der Waals surface area contributed by atoms with E-state index in [9.17, 15) is 5.11 Å². The molecule has 0 spiro atoms. The number of nitrogens with one attached hydrogen (secondary N) is 1. The van der Waals surface area contributed by atoms with Crippen LogP contribution in [0.4, 0.5) is 5.82 Å². The van der Waals surface area contributed by atoms with Crippen molar-refractivity contribution in [3.05, 3.63) is 84.4 Å². The van der Waals surface area contributed by atoms with Crippen LogP contribution in [0.15, 0.2) is 73.3 Å². The smallest absolute Gasteiger partial charge is 0.182 e. The third-order valence-electron chi connectivity index (χ3n) is 5.64. The number of imidazole rings is 1. The van der Waals surface area contributed by atoms with Crippen LogP contribution in [0.5, 0.6) is 0 Å². The summed E-state index contributed by atoms with van der Waals surface area (Å²) in [5.41, 5.74) is 2.05. The van der Waals surface area contributed by atoms with Crippen LogP contribution in [-0.2, 0) is 5.60 Å².